The van der Waals surface area contributed by atoms with Crippen LogP contribution in [0.3, 0.4) is 0 Å². The lowest BCUT2D eigenvalue weighted by Crippen LogP contribution is -2.37. The first-order valence-corrected chi connectivity index (χ1v) is 8.14. The number of nitrogens with two attached hydrogens (primary N) is 1. The number of hydrogen-bond acceptors (Lipinski definition) is 3. The highest BCUT2D eigenvalue weighted by atomic mass is 35.5. The van der Waals surface area contributed by atoms with Gasteiger partial charge < -0.3 is 5.73 Å². The third-order valence-corrected chi connectivity index (χ3v) is 4.35. The summed E-state index contributed by atoms with van der Waals surface area (Å²) >= 11 is 7.61. The maximum absolute atomic E-state index is 14.0. The zero-order valence-corrected chi connectivity index (χ0v) is 13.3. The standard InChI is InChI=1S/C14H22ClFN2S/c1-10(6-7-19-3)18(2)14(9-17)12-5-4-11(15)8-13(12)16/h4-5,8,10,14H,6-7,9,17H2,1-3H3. The van der Waals surface area contributed by atoms with Gasteiger partial charge in [-0.2, -0.15) is 11.8 Å². The monoisotopic (exact) mass is 304 g/mol. The van der Waals surface area contributed by atoms with Crippen LogP contribution in [-0.2, 0) is 0 Å². The Morgan fingerprint density at radius 3 is 2.68 bits per heavy atom. The third kappa shape index (κ3) is 4.63. The highest BCUT2D eigenvalue weighted by molar-refractivity contribution is 7.98. The summed E-state index contributed by atoms with van der Waals surface area (Å²) in [4.78, 5) is 2.14. The fourth-order valence-corrected chi connectivity index (χ4v) is 2.82. The molecule has 0 spiro atoms. The minimum absolute atomic E-state index is 0.117. The van der Waals surface area contributed by atoms with E-state index in [1.165, 1.54) is 6.07 Å². The molecule has 0 heterocycles. The molecule has 0 amide bonds. The van der Waals surface area contributed by atoms with Crippen LogP contribution in [0.1, 0.15) is 24.9 Å². The average molecular weight is 305 g/mol. The van der Waals surface area contributed by atoms with E-state index in [2.05, 4.69) is 18.1 Å². The van der Waals surface area contributed by atoms with Crippen molar-refractivity contribution in [3.05, 3.63) is 34.6 Å². The van der Waals surface area contributed by atoms with Crippen LogP contribution in [0.25, 0.3) is 0 Å². The van der Waals surface area contributed by atoms with Gasteiger partial charge in [-0.1, -0.05) is 17.7 Å². The van der Waals surface area contributed by atoms with E-state index in [0.29, 0.717) is 23.2 Å². The van der Waals surface area contributed by atoms with E-state index in [4.69, 9.17) is 17.3 Å². The Bertz CT molecular complexity index is 403. The van der Waals surface area contributed by atoms with Gasteiger partial charge in [0.1, 0.15) is 5.82 Å². The fraction of sp³-hybridized carbons (Fsp3) is 0.571. The topological polar surface area (TPSA) is 29.3 Å². The van der Waals surface area contributed by atoms with Crippen LogP contribution >= 0.6 is 23.4 Å². The van der Waals surface area contributed by atoms with Gasteiger partial charge in [-0.15, -0.1) is 0 Å². The van der Waals surface area contributed by atoms with Crippen LogP contribution in [0.15, 0.2) is 18.2 Å². The van der Waals surface area contributed by atoms with E-state index in [9.17, 15) is 4.39 Å². The summed E-state index contributed by atoms with van der Waals surface area (Å²) in [5.41, 5.74) is 6.45. The van der Waals surface area contributed by atoms with Crippen molar-refractivity contribution in [2.24, 2.45) is 5.73 Å². The average Bonchev–Trinajstić information content (AvgIpc) is 2.38. The second-order valence-electron chi connectivity index (χ2n) is 4.71. The summed E-state index contributed by atoms with van der Waals surface area (Å²) in [5, 5.41) is 0.412. The number of benzene rings is 1. The lowest BCUT2D eigenvalue weighted by molar-refractivity contribution is 0.182. The SMILES string of the molecule is CSCCC(C)N(C)C(CN)c1ccc(Cl)cc1F. The summed E-state index contributed by atoms with van der Waals surface area (Å²) in [6, 6.07) is 5.03. The molecule has 0 aromatic heterocycles. The first-order chi connectivity index (χ1) is 9.01. The van der Waals surface area contributed by atoms with Crippen LogP contribution in [0.5, 0.6) is 0 Å². The maximum Gasteiger partial charge on any atom is 0.129 e. The lowest BCUT2D eigenvalue weighted by Gasteiger charge is -2.33. The van der Waals surface area contributed by atoms with E-state index in [-0.39, 0.29) is 11.9 Å². The normalized spacial score (nSPS) is 14.7. The minimum Gasteiger partial charge on any atom is -0.329 e. The molecular weight excluding hydrogens is 283 g/mol. The molecule has 0 aliphatic rings. The van der Waals surface area contributed by atoms with Gasteiger partial charge in [-0.05, 0) is 44.5 Å². The Labute approximate surface area is 124 Å². The predicted molar refractivity (Wildman–Crippen MR) is 83.4 cm³/mol. The van der Waals surface area contributed by atoms with Gasteiger partial charge in [0.05, 0.1) is 0 Å². The molecule has 5 heteroatoms. The van der Waals surface area contributed by atoms with Crippen LogP contribution in [0.4, 0.5) is 4.39 Å². The summed E-state index contributed by atoms with van der Waals surface area (Å²) in [6.45, 7) is 2.53. The van der Waals surface area contributed by atoms with Crippen LogP contribution in [0, 0.1) is 5.82 Å². The number of thioether (sulfide) groups is 1. The number of halogens is 2. The van der Waals surface area contributed by atoms with E-state index >= 15 is 0 Å². The Hall–Kier alpha value is -0.290. The molecule has 2 nitrogen and oxygen atoms in total. The summed E-state index contributed by atoms with van der Waals surface area (Å²) < 4.78 is 14.0. The molecule has 1 aromatic carbocycles. The Kier molecular flexibility index (Phi) is 7.15. The summed E-state index contributed by atoms with van der Waals surface area (Å²) in [7, 11) is 2.00. The van der Waals surface area contributed by atoms with Crippen molar-refractivity contribution in [1.82, 2.24) is 4.90 Å². The van der Waals surface area contributed by atoms with E-state index in [1.54, 1.807) is 12.1 Å². The molecule has 0 saturated carbocycles. The number of rotatable bonds is 7. The first-order valence-electron chi connectivity index (χ1n) is 6.37. The molecule has 2 atom stereocenters. The van der Waals surface area contributed by atoms with Crippen molar-refractivity contribution in [3.63, 3.8) is 0 Å². The van der Waals surface area contributed by atoms with Crippen molar-refractivity contribution in [2.45, 2.75) is 25.4 Å². The van der Waals surface area contributed by atoms with E-state index in [0.717, 1.165) is 12.2 Å². The van der Waals surface area contributed by atoms with Gasteiger partial charge in [0.2, 0.25) is 0 Å². The smallest absolute Gasteiger partial charge is 0.129 e. The molecule has 0 radical (unpaired) electrons. The van der Waals surface area contributed by atoms with Crippen LogP contribution in [-0.4, -0.2) is 36.5 Å². The Morgan fingerprint density at radius 1 is 1.47 bits per heavy atom. The zero-order chi connectivity index (χ0) is 14.4. The van der Waals surface area contributed by atoms with Crippen molar-refractivity contribution >= 4 is 23.4 Å². The molecular formula is C14H22ClFN2S. The molecule has 0 fully saturated rings. The summed E-state index contributed by atoms with van der Waals surface area (Å²) in [6.07, 6.45) is 3.15. The molecule has 0 bridgehead atoms. The van der Waals surface area contributed by atoms with E-state index in [1.807, 2.05) is 18.8 Å². The third-order valence-electron chi connectivity index (χ3n) is 3.47. The van der Waals surface area contributed by atoms with Gasteiger partial charge in [0, 0.05) is 29.2 Å². The molecule has 0 saturated heterocycles. The number of hydrogen-bond donors (Lipinski definition) is 1. The van der Waals surface area contributed by atoms with Gasteiger partial charge in [0.25, 0.3) is 0 Å². The largest absolute Gasteiger partial charge is 0.329 e. The highest BCUT2D eigenvalue weighted by Gasteiger charge is 2.22. The second kappa shape index (κ2) is 8.10. The quantitative estimate of drug-likeness (QED) is 0.835. The molecule has 0 aliphatic heterocycles. The Balaban J connectivity index is 2.86. The molecule has 1 rings (SSSR count). The molecule has 108 valence electrons. The minimum atomic E-state index is -0.285. The zero-order valence-electron chi connectivity index (χ0n) is 11.7. The number of likely N-dealkylation sites (N-methyl/N-ethyl adjacent to an activating group) is 1. The van der Waals surface area contributed by atoms with Crippen molar-refractivity contribution in [2.75, 3.05) is 25.6 Å². The van der Waals surface area contributed by atoms with Crippen LogP contribution < -0.4 is 5.73 Å². The van der Waals surface area contributed by atoms with Gasteiger partial charge >= 0.3 is 0 Å². The van der Waals surface area contributed by atoms with Crippen molar-refractivity contribution in [1.29, 1.82) is 0 Å². The molecule has 0 aliphatic carbocycles. The van der Waals surface area contributed by atoms with Gasteiger partial charge in [0.15, 0.2) is 0 Å². The maximum atomic E-state index is 14.0. The van der Waals surface area contributed by atoms with Gasteiger partial charge in [-0.25, -0.2) is 4.39 Å². The van der Waals surface area contributed by atoms with E-state index < -0.39 is 0 Å². The second-order valence-corrected chi connectivity index (χ2v) is 6.14. The Morgan fingerprint density at radius 2 is 2.16 bits per heavy atom. The lowest BCUT2D eigenvalue weighted by atomic mass is 10.0. The molecule has 2 N–H and O–H groups in total. The molecule has 2 unspecified atom stereocenters. The molecule has 19 heavy (non-hydrogen) atoms. The predicted octanol–water partition coefficient (Wildman–Crippen LogP) is 3.55. The summed E-state index contributed by atoms with van der Waals surface area (Å²) in [5.74, 6) is 0.804. The number of nitrogens with zero attached hydrogens (tertiary/aromatic N) is 1. The van der Waals surface area contributed by atoms with Crippen molar-refractivity contribution < 1.29 is 4.39 Å². The van der Waals surface area contributed by atoms with Crippen LogP contribution in [0.2, 0.25) is 5.02 Å². The van der Waals surface area contributed by atoms with Crippen molar-refractivity contribution in [3.8, 4) is 0 Å². The first kappa shape index (κ1) is 16.8. The fourth-order valence-electron chi connectivity index (χ4n) is 2.08. The highest BCUT2D eigenvalue weighted by Crippen LogP contribution is 2.26. The van der Waals surface area contributed by atoms with Gasteiger partial charge in [-0.3, -0.25) is 4.90 Å². The molecule has 1 aromatic rings.